The Bertz CT molecular complexity index is 806. The van der Waals surface area contributed by atoms with Gasteiger partial charge in [0.15, 0.2) is 0 Å². The van der Waals surface area contributed by atoms with Gasteiger partial charge in [0.1, 0.15) is 16.9 Å². The smallest absolute Gasteiger partial charge is 0.410 e. The van der Waals surface area contributed by atoms with Gasteiger partial charge in [-0.1, -0.05) is 5.92 Å². The summed E-state index contributed by atoms with van der Waals surface area (Å²) in [5, 5.41) is 14.7. The molecule has 1 N–H and O–H groups in total. The molecule has 0 saturated heterocycles. The highest BCUT2D eigenvalue weighted by Gasteiger charge is 2.47. The highest BCUT2D eigenvalue weighted by Crippen LogP contribution is 2.43. The van der Waals surface area contributed by atoms with Gasteiger partial charge in [-0.3, -0.25) is 4.68 Å². The summed E-state index contributed by atoms with van der Waals surface area (Å²) in [6, 6.07) is -0.244. The average molecular weight is 381 g/mol. The van der Waals surface area contributed by atoms with E-state index in [0.717, 1.165) is 4.68 Å². The Morgan fingerprint density at radius 2 is 2.07 bits per heavy atom. The molecule has 1 aromatic rings. The lowest BCUT2D eigenvalue weighted by molar-refractivity contribution is -0.0309. The summed E-state index contributed by atoms with van der Waals surface area (Å²) in [6.45, 7) is 6.89. The van der Waals surface area contributed by atoms with Gasteiger partial charge in [0.25, 0.3) is 5.92 Å². The highest BCUT2D eigenvalue weighted by atomic mass is 19.3. The zero-order valence-corrected chi connectivity index (χ0v) is 16.1. The minimum Gasteiger partial charge on any atom is -0.444 e. The van der Waals surface area contributed by atoms with Crippen molar-refractivity contribution in [2.24, 2.45) is 0 Å². The molecule has 2 aliphatic rings. The van der Waals surface area contributed by atoms with Gasteiger partial charge in [0.2, 0.25) is 0 Å². The van der Waals surface area contributed by atoms with Gasteiger partial charge >= 0.3 is 6.09 Å². The van der Waals surface area contributed by atoms with Gasteiger partial charge in [-0.25, -0.2) is 4.79 Å². The zero-order valence-electron chi connectivity index (χ0n) is 16.1. The molecule has 0 spiro atoms. The van der Waals surface area contributed by atoms with Crippen molar-refractivity contribution in [3.05, 3.63) is 17.0 Å². The van der Waals surface area contributed by atoms with Crippen molar-refractivity contribution in [3.63, 3.8) is 0 Å². The largest absolute Gasteiger partial charge is 0.444 e. The van der Waals surface area contributed by atoms with Gasteiger partial charge in [0.05, 0.1) is 18.8 Å². The lowest BCUT2D eigenvalue weighted by atomic mass is 9.94. The molecular formula is C19H25F2N3O3. The third-order valence-electron chi connectivity index (χ3n) is 4.99. The number of aliphatic hydroxyl groups is 1. The number of aromatic nitrogens is 2. The van der Waals surface area contributed by atoms with Crippen LogP contribution >= 0.6 is 0 Å². The molecule has 0 saturated carbocycles. The first-order valence-electron chi connectivity index (χ1n) is 9.02. The SMILES string of the molecule is C#CC1(O)CCC(F)(F)c2c3c(nn2C1)C[C@@H](C)N(C(=O)OC(C)(C)C)C3. The molecule has 0 bridgehead atoms. The molecule has 6 nitrogen and oxygen atoms in total. The lowest BCUT2D eigenvalue weighted by Crippen LogP contribution is -2.45. The van der Waals surface area contributed by atoms with Crippen molar-refractivity contribution in [2.75, 3.05) is 0 Å². The zero-order chi connectivity index (χ0) is 20.2. The van der Waals surface area contributed by atoms with Gasteiger partial charge in [0, 0.05) is 24.4 Å². The van der Waals surface area contributed by atoms with E-state index in [1.165, 1.54) is 4.90 Å². The van der Waals surface area contributed by atoms with Crippen LogP contribution in [0.25, 0.3) is 0 Å². The van der Waals surface area contributed by atoms with Crippen LogP contribution in [0, 0.1) is 12.3 Å². The molecule has 0 aromatic carbocycles. The average Bonchev–Trinajstić information content (AvgIpc) is 2.83. The number of hydrogen-bond donors (Lipinski definition) is 1. The number of carbonyl (C=O) groups is 1. The van der Waals surface area contributed by atoms with Crippen LogP contribution in [-0.4, -0.2) is 43.1 Å². The minimum absolute atomic E-state index is 0.00911. The number of terminal acetylenes is 1. The topological polar surface area (TPSA) is 67.6 Å². The second-order valence-corrected chi connectivity index (χ2v) is 8.47. The maximum absolute atomic E-state index is 14.9. The number of rotatable bonds is 0. The number of fused-ring (bicyclic) bond motifs is 3. The van der Waals surface area contributed by atoms with E-state index >= 15 is 0 Å². The number of carbonyl (C=O) groups excluding carboxylic acids is 1. The molecule has 0 aliphatic carbocycles. The third kappa shape index (κ3) is 3.65. The second kappa shape index (κ2) is 6.20. The summed E-state index contributed by atoms with van der Waals surface area (Å²) < 4.78 is 36.3. The van der Waals surface area contributed by atoms with Crippen LogP contribution in [0.3, 0.4) is 0 Å². The molecule has 2 aliphatic heterocycles. The van der Waals surface area contributed by atoms with Crippen molar-refractivity contribution in [1.29, 1.82) is 0 Å². The van der Waals surface area contributed by atoms with Crippen molar-refractivity contribution < 1.29 is 23.4 Å². The van der Waals surface area contributed by atoms with Crippen LogP contribution in [0.2, 0.25) is 0 Å². The summed E-state index contributed by atoms with van der Waals surface area (Å²) in [5.41, 5.74) is -1.77. The first-order chi connectivity index (χ1) is 12.4. The molecule has 1 aromatic heterocycles. The first kappa shape index (κ1) is 19.6. The molecule has 2 atom stereocenters. The summed E-state index contributed by atoms with van der Waals surface area (Å²) >= 11 is 0. The molecule has 148 valence electrons. The fraction of sp³-hybridized carbons (Fsp3) is 0.684. The van der Waals surface area contributed by atoms with Crippen LogP contribution in [0.5, 0.6) is 0 Å². The molecule has 3 rings (SSSR count). The van der Waals surface area contributed by atoms with E-state index in [-0.39, 0.29) is 31.2 Å². The highest BCUT2D eigenvalue weighted by molar-refractivity contribution is 5.69. The maximum atomic E-state index is 14.9. The molecule has 3 heterocycles. The Balaban J connectivity index is 2.00. The van der Waals surface area contributed by atoms with Crippen LogP contribution in [0.1, 0.15) is 57.5 Å². The van der Waals surface area contributed by atoms with E-state index in [0.29, 0.717) is 17.7 Å². The number of ether oxygens (including phenoxy) is 1. The Morgan fingerprint density at radius 1 is 1.41 bits per heavy atom. The van der Waals surface area contributed by atoms with Gasteiger partial charge < -0.3 is 14.7 Å². The van der Waals surface area contributed by atoms with Crippen LogP contribution < -0.4 is 0 Å². The standard InChI is InChI=1S/C19H25F2N3O3/c1-6-18(26)7-8-19(20,21)15-13-10-23(16(25)27-17(3,4)5)12(2)9-14(13)22-24(15)11-18/h1,12,26H,7-11H2,2-5H3/t12-,18?/m1/s1. The maximum Gasteiger partial charge on any atom is 0.410 e. The normalized spacial score (nSPS) is 27.2. The van der Waals surface area contributed by atoms with E-state index < -0.39 is 29.6 Å². The van der Waals surface area contributed by atoms with E-state index in [9.17, 15) is 18.7 Å². The number of hydrogen-bond acceptors (Lipinski definition) is 4. The Hall–Kier alpha value is -2.14. The van der Waals surface area contributed by atoms with Crippen molar-refractivity contribution >= 4 is 6.09 Å². The Kier molecular flexibility index (Phi) is 4.50. The van der Waals surface area contributed by atoms with Gasteiger partial charge in [-0.2, -0.15) is 13.9 Å². The molecule has 8 heteroatoms. The summed E-state index contributed by atoms with van der Waals surface area (Å²) in [5.74, 6) is -0.975. The van der Waals surface area contributed by atoms with E-state index in [1.807, 2.05) is 6.92 Å². The second-order valence-electron chi connectivity index (χ2n) is 8.47. The number of nitrogens with zero attached hydrogens (tertiary/aromatic N) is 3. The van der Waals surface area contributed by atoms with Crippen molar-refractivity contribution in [1.82, 2.24) is 14.7 Å². The number of halogens is 2. The Labute approximate surface area is 157 Å². The van der Waals surface area contributed by atoms with Crippen LogP contribution in [0.15, 0.2) is 0 Å². The molecule has 1 unspecified atom stereocenters. The first-order valence-corrected chi connectivity index (χ1v) is 9.02. The fourth-order valence-corrected chi connectivity index (χ4v) is 3.61. The van der Waals surface area contributed by atoms with Crippen LogP contribution in [0.4, 0.5) is 13.6 Å². The molecule has 0 radical (unpaired) electrons. The van der Waals surface area contributed by atoms with Gasteiger partial charge in [-0.15, -0.1) is 6.42 Å². The molecule has 0 fully saturated rings. The third-order valence-corrected chi connectivity index (χ3v) is 4.99. The summed E-state index contributed by atoms with van der Waals surface area (Å²) in [7, 11) is 0. The fourth-order valence-electron chi connectivity index (χ4n) is 3.61. The van der Waals surface area contributed by atoms with Crippen LogP contribution in [-0.2, 0) is 30.2 Å². The lowest BCUT2D eigenvalue weighted by Gasteiger charge is -2.35. The van der Waals surface area contributed by atoms with E-state index in [2.05, 4.69) is 11.0 Å². The Morgan fingerprint density at radius 3 is 2.67 bits per heavy atom. The predicted molar refractivity (Wildman–Crippen MR) is 94.1 cm³/mol. The molecular weight excluding hydrogens is 356 g/mol. The summed E-state index contributed by atoms with van der Waals surface area (Å²) in [4.78, 5) is 14.0. The van der Waals surface area contributed by atoms with Gasteiger partial charge in [-0.05, 0) is 34.1 Å². The van der Waals surface area contributed by atoms with Crippen molar-refractivity contribution in [2.45, 2.75) is 83.2 Å². The molecule has 1 amide bonds. The number of amides is 1. The van der Waals surface area contributed by atoms with E-state index in [1.54, 1.807) is 20.8 Å². The quantitative estimate of drug-likeness (QED) is 0.702. The monoisotopic (exact) mass is 381 g/mol. The predicted octanol–water partition coefficient (Wildman–Crippen LogP) is 2.81. The van der Waals surface area contributed by atoms with E-state index in [4.69, 9.17) is 11.2 Å². The molecule has 27 heavy (non-hydrogen) atoms. The summed E-state index contributed by atoms with van der Waals surface area (Å²) in [6.07, 6.45) is 4.35. The van der Waals surface area contributed by atoms with Crippen molar-refractivity contribution in [3.8, 4) is 12.3 Å². The minimum atomic E-state index is -3.19. The number of alkyl halides is 2.